The summed E-state index contributed by atoms with van der Waals surface area (Å²) in [7, 11) is -1.98. The Morgan fingerprint density at radius 1 is 1.12 bits per heavy atom. The number of pyridine rings is 2. The monoisotopic (exact) mass is 607 g/mol. The molecule has 1 N–H and O–H groups in total. The van der Waals surface area contributed by atoms with Crippen LogP contribution < -0.4 is 14.5 Å². The largest absolute Gasteiger partial charge is 0.444 e. The van der Waals surface area contributed by atoms with Gasteiger partial charge < -0.3 is 24.4 Å². The van der Waals surface area contributed by atoms with Crippen LogP contribution in [0.4, 0.5) is 28.1 Å². The van der Waals surface area contributed by atoms with E-state index >= 15 is 0 Å². The fraction of sp³-hybridized carbons (Fsp3) is 0.414. The molecule has 4 aromatic rings. The number of piperazine rings is 1. The molecule has 0 radical (unpaired) electrons. The molecule has 1 amide bonds. The molecule has 4 aromatic heterocycles. The molecule has 0 aliphatic carbocycles. The minimum Gasteiger partial charge on any atom is -0.444 e. The first-order valence-corrected chi connectivity index (χ1v) is 15.8. The van der Waals surface area contributed by atoms with Crippen LogP contribution in [0.25, 0.3) is 11.0 Å². The molecule has 0 spiro atoms. The molecule has 13 nitrogen and oxygen atoms in total. The highest BCUT2D eigenvalue weighted by Gasteiger charge is 2.31. The van der Waals surface area contributed by atoms with E-state index in [1.807, 2.05) is 62.7 Å². The molecule has 0 saturated carbocycles. The van der Waals surface area contributed by atoms with Crippen molar-refractivity contribution in [1.82, 2.24) is 29.4 Å². The van der Waals surface area contributed by atoms with Gasteiger partial charge in [0.2, 0.25) is 16.0 Å². The van der Waals surface area contributed by atoms with Gasteiger partial charge in [-0.1, -0.05) is 6.07 Å². The summed E-state index contributed by atoms with van der Waals surface area (Å²) in [5, 5.41) is 4.02. The second-order valence-electron chi connectivity index (χ2n) is 11.6. The summed E-state index contributed by atoms with van der Waals surface area (Å²) in [6.07, 6.45) is 7.84. The van der Waals surface area contributed by atoms with Crippen molar-refractivity contribution in [2.24, 2.45) is 0 Å². The van der Waals surface area contributed by atoms with Gasteiger partial charge in [-0.15, -0.1) is 0 Å². The summed E-state index contributed by atoms with van der Waals surface area (Å²) < 4.78 is 32.9. The molecule has 1 unspecified atom stereocenters. The molecule has 0 bridgehead atoms. The number of nitrogens with one attached hydrogen (secondary N) is 1. The van der Waals surface area contributed by atoms with Crippen LogP contribution in [0.1, 0.15) is 33.3 Å². The quantitative estimate of drug-likeness (QED) is 0.330. The van der Waals surface area contributed by atoms with Crippen LogP contribution in [0.15, 0.2) is 55.1 Å². The Bertz CT molecular complexity index is 1720. The fourth-order valence-electron chi connectivity index (χ4n) is 4.88. The maximum atomic E-state index is 12.6. The summed E-state index contributed by atoms with van der Waals surface area (Å²) in [6, 6.07) is 9.38. The van der Waals surface area contributed by atoms with E-state index < -0.39 is 15.6 Å². The van der Waals surface area contributed by atoms with Crippen molar-refractivity contribution in [2.75, 3.05) is 47.5 Å². The van der Waals surface area contributed by atoms with Crippen LogP contribution in [0, 0.1) is 0 Å². The number of sulfonamides is 1. The van der Waals surface area contributed by atoms with Crippen LogP contribution in [0.3, 0.4) is 0 Å². The molecule has 1 fully saturated rings. The fourth-order valence-corrected chi connectivity index (χ4v) is 5.36. The van der Waals surface area contributed by atoms with E-state index in [9.17, 15) is 13.2 Å². The van der Waals surface area contributed by atoms with Crippen LogP contribution in [-0.4, -0.2) is 88.5 Å². The van der Waals surface area contributed by atoms with Gasteiger partial charge in [-0.25, -0.2) is 28.2 Å². The van der Waals surface area contributed by atoms with Gasteiger partial charge in [-0.3, -0.25) is 4.31 Å². The first-order valence-electron chi connectivity index (χ1n) is 14.0. The SMILES string of the molecule is CC1CN(c2ccc(Nc3ncc4ccn(Cc5cccnc5N(C)S(C)(=O)=O)c4n3)nc2)CCN1C(=O)OC(C)(C)C. The molecule has 5 rings (SSSR count). The van der Waals surface area contributed by atoms with E-state index in [1.54, 1.807) is 29.6 Å². The minimum absolute atomic E-state index is 0.00714. The highest BCUT2D eigenvalue weighted by molar-refractivity contribution is 7.92. The number of nitrogens with zero attached hydrogens (tertiary/aromatic N) is 8. The first-order chi connectivity index (χ1) is 20.3. The predicted octanol–water partition coefficient (Wildman–Crippen LogP) is 3.85. The summed E-state index contributed by atoms with van der Waals surface area (Å²) in [4.78, 5) is 34.6. The summed E-state index contributed by atoms with van der Waals surface area (Å²) in [5.41, 5.74) is 1.85. The van der Waals surface area contributed by atoms with E-state index in [4.69, 9.17) is 9.72 Å². The van der Waals surface area contributed by atoms with Crippen molar-refractivity contribution in [3.05, 3.63) is 60.7 Å². The van der Waals surface area contributed by atoms with Crippen LogP contribution in [0.5, 0.6) is 0 Å². The van der Waals surface area contributed by atoms with Gasteiger partial charge in [0, 0.05) is 62.3 Å². The second kappa shape index (κ2) is 11.7. The molecule has 1 aliphatic heterocycles. The summed E-state index contributed by atoms with van der Waals surface area (Å²) in [6.45, 7) is 9.90. The second-order valence-corrected chi connectivity index (χ2v) is 13.6. The number of hydrogen-bond donors (Lipinski definition) is 1. The Hall–Kier alpha value is -4.46. The van der Waals surface area contributed by atoms with Crippen LogP contribution in [-0.2, 0) is 21.3 Å². The Morgan fingerprint density at radius 2 is 1.91 bits per heavy atom. The van der Waals surface area contributed by atoms with E-state index in [1.165, 1.54) is 11.4 Å². The predicted molar refractivity (Wildman–Crippen MR) is 166 cm³/mol. The van der Waals surface area contributed by atoms with Gasteiger partial charge in [0.15, 0.2) is 0 Å². The Kier molecular flexibility index (Phi) is 8.14. The zero-order valence-electron chi connectivity index (χ0n) is 25.2. The lowest BCUT2D eigenvalue weighted by Crippen LogP contribution is -2.55. The van der Waals surface area contributed by atoms with Crippen molar-refractivity contribution in [1.29, 1.82) is 0 Å². The molecule has 5 heterocycles. The maximum absolute atomic E-state index is 12.6. The van der Waals surface area contributed by atoms with Crippen LogP contribution >= 0.6 is 0 Å². The minimum atomic E-state index is -3.47. The van der Waals surface area contributed by atoms with Gasteiger partial charge >= 0.3 is 6.09 Å². The first kappa shape index (κ1) is 30.0. The number of ether oxygens (including phenoxy) is 1. The lowest BCUT2D eigenvalue weighted by atomic mass is 10.1. The number of carbonyl (C=O) groups is 1. The number of anilines is 4. The van der Waals surface area contributed by atoms with E-state index in [0.29, 0.717) is 49.4 Å². The average Bonchev–Trinajstić information content (AvgIpc) is 3.33. The van der Waals surface area contributed by atoms with Crippen molar-refractivity contribution in [3.63, 3.8) is 0 Å². The summed E-state index contributed by atoms with van der Waals surface area (Å²) >= 11 is 0. The molecular weight excluding hydrogens is 570 g/mol. The number of aromatic nitrogens is 5. The third kappa shape index (κ3) is 6.96. The van der Waals surface area contributed by atoms with E-state index in [0.717, 1.165) is 22.9 Å². The molecule has 1 atom stereocenters. The van der Waals surface area contributed by atoms with E-state index in [2.05, 4.69) is 25.2 Å². The van der Waals surface area contributed by atoms with Crippen molar-refractivity contribution in [3.8, 4) is 0 Å². The van der Waals surface area contributed by atoms with Gasteiger partial charge in [-0.05, 0) is 52.0 Å². The van der Waals surface area contributed by atoms with Gasteiger partial charge in [0.25, 0.3) is 0 Å². The van der Waals surface area contributed by atoms with Gasteiger partial charge in [0.05, 0.1) is 24.7 Å². The number of fused-ring (bicyclic) bond motifs is 1. The normalized spacial score (nSPS) is 15.9. The average molecular weight is 608 g/mol. The molecule has 228 valence electrons. The van der Waals surface area contributed by atoms with Crippen molar-refractivity contribution in [2.45, 2.75) is 45.9 Å². The highest BCUT2D eigenvalue weighted by atomic mass is 32.2. The topological polar surface area (TPSA) is 139 Å². The molecule has 14 heteroatoms. The zero-order valence-corrected chi connectivity index (χ0v) is 26.0. The van der Waals surface area contributed by atoms with Gasteiger partial charge in [0.1, 0.15) is 22.9 Å². The number of amides is 1. The zero-order chi connectivity index (χ0) is 30.9. The Balaban J connectivity index is 1.27. The van der Waals surface area contributed by atoms with Crippen molar-refractivity contribution < 1.29 is 17.9 Å². The highest BCUT2D eigenvalue weighted by Crippen LogP contribution is 2.25. The number of carbonyl (C=O) groups excluding carboxylic acids is 1. The molecule has 1 aliphatic rings. The maximum Gasteiger partial charge on any atom is 0.410 e. The third-order valence-electron chi connectivity index (χ3n) is 7.11. The van der Waals surface area contributed by atoms with Crippen molar-refractivity contribution >= 4 is 50.4 Å². The standard InChI is InChI=1S/C29H37N9O4S/c1-20-18-36(14-15-38(20)28(39)42-29(2,3)4)23-9-10-24(31-17-23)33-27-32-16-21-11-13-37(26(21)34-27)19-22-8-7-12-30-25(22)35(5)43(6,40)41/h7-13,16-17,20H,14-15,18-19H2,1-6H3,(H,31,32,33,34). The number of hydrogen-bond acceptors (Lipinski definition) is 10. The molecule has 43 heavy (non-hydrogen) atoms. The molecular formula is C29H37N9O4S. The third-order valence-corrected chi connectivity index (χ3v) is 8.28. The van der Waals surface area contributed by atoms with Crippen LogP contribution in [0.2, 0.25) is 0 Å². The molecule has 1 saturated heterocycles. The lowest BCUT2D eigenvalue weighted by Gasteiger charge is -2.41. The Morgan fingerprint density at radius 3 is 2.58 bits per heavy atom. The summed E-state index contributed by atoms with van der Waals surface area (Å²) in [5.74, 6) is 1.34. The smallest absolute Gasteiger partial charge is 0.410 e. The van der Waals surface area contributed by atoms with E-state index in [-0.39, 0.29) is 12.1 Å². The molecule has 0 aromatic carbocycles. The Labute approximate surface area is 251 Å². The van der Waals surface area contributed by atoms with Gasteiger partial charge in [-0.2, -0.15) is 4.98 Å². The number of rotatable bonds is 7. The lowest BCUT2D eigenvalue weighted by molar-refractivity contribution is 0.0159.